The molecule has 0 radical (unpaired) electrons. The third-order valence-corrected chi connectivity index (χ3v) is 2.20. The summed E-state index contributed by atoms with van der Waals surface area (Å²) < 4.78 is 5.14. The SMILES string of the molecule is CC(CN)OCC(=O)Nc1nccs1. The number of nitrogens with zero attached hydrogens (tertiary/aromatic N) is 1. The molecule has 3 N–H and O–H groups in total. The van der Waals surface area contributed by atoms with Crippen LogP contribution in [0.1, 0.15) is 6.92 Å². The van der Waals surface area contributed by atoms with Crippen LogP contribution in [0, 0.1) is 0 Å². The first-order valence-corrected chi connectivity index (χ1v) is 5.11. The van der Waals surface area contributed by atoms with Gasteiger partial charge in [-0.2, -0.15) is 0 Å². The average molecular weight is 215 g/mol. The number of hydrogen-bond acceptors (Lipinski definition) is 5. The van der Waals surface area contributed by atoms with Crippen LogP contribution >= 0.6 is 11.3 Å². The molecule has 5 nitrogen and oxygen atoms in total. The zero-order valence-corrected chi connectivity index (χ0v) is 8.71. The third-order valence-electron chi connectivity index (χ3n) is 1.51. The van der Waals surface area contributed by atoms with Crippen LogP contribution in [-0.2, 0) is 9.53 Å². The van der Waals surface area contributed by atoms with Gasteiger partial charge in [0.15, 0.2) is 5.13 Å². The quantitative estimate of drug-likeness (QED) is 0.747. The Morgan fingerprint density at radius 2 is 2.64 bits per heavy atom. The summed E-state index contributed by atoms with van der Waals surface area (Å²) in [5, 5.41) is 4.98. The van der Waals surface area contributed by atoms with Gasteiger partial charge in [0.2, 0.25) is 0 Å². The number of rotatable bonds is 5. The highest BCUT2D eigenvalue weighted by atomic mass is 32.1. The highest BCUT2D eigenvalue weighted by molar-refractivity contribution is 7.13. The number of amides is 1. The Labute approximate surface area is 86.3 Å². The van der Waals surface area contributed by atoms with Crippen molar-refractivity contribution in [2.45, 2.75) is 13.0 Å². The summed E-state index contributed by atoms with van der Waals surface area (Å²) in [7, 11) is 0. The minimum absolute atomic E-state index is 0.0119. The molecule has 1 atom stereocenters. The maximum absolute atomic E-state index is 11.2. The number of nitrogens with one attached hydrogen (secondary N) is 1. The smallest absolute Gasteiger partial charge is 0.252 e. The predicted molar refractivity (Wildman–Crippen MR) is 55.2 cm³/mol. The maximum atomic E-state index is 11.2. The molecule has 1 rings (SSSR count). The van der Waals surface area contributed by atoms with Gasteiger partial charge in [0.05, 0.1) is 6.10 Å². The molecule has 78 valence electrons. The third kappa shape index (κ3) is 3.82. The van der Waals surface area contributed by atoms with Gasteiger partial charge in [-0.05, 0) is 6.92 Å². The van der Waals surface area contributed by atoms with Crippen molar-refractivity contribution in [2.75, 3.05) is 18.5 Å². The van der Waals surface area contributed by atoms with Crippen LogP contribution in [0.15, 0.2) is 11.6 Å². The van der Waals surface area contributed by atoms with E-state index in [1.54, 1.807) is 11.6 Å². The molecule has 14 heavy (non-hydrogen) atoms. The van der Waals surface area contributed by atoms with E-state index in [0.29, 0.717) is 11.7 Å². The second kappa shape index (κ2) is 5.69. The van der Waals surface area contributed by atoms with E-state index in [4.69, 9.17) is 10.5 Å². The molecule has 0 saturated heterocycles. The number of ether oxygens (including phenoxy) is 1. The monoisotopic (exact) mass is 215 g/mol. The summed E-state index contributed by atoms with van der Waals surface area (Å²) in [6, 6.07) is 0. The van der Waals surface area contributed by atoms with E-state index in [1.165, 1.54) is 11.3 Å². The molecule has 0 aliphatic heterocycles. The zero-order valence-electron chi connectivity index (χ0n) is 7.90. The first-order valence-electron chi connectivity index (χ1n) is 4.23. The highest BCUT2D eigenvalue weighted by Gasteiger charge is 2.06. The summed E-state index contributed by atoms with van der Waals surface area (Å²) in [4.78, 5) is 15.1. The number of carbonyl (C=O) groups is 1. The van der Waals surface area contributed by atoms with Crippen molar-refractivity contribution >= 4 is 22.4 Å². The number of aromatic nitrogens is 1. The molecule has 1 unspecified atom stereocenters. The Bertz CT molecular complexity index is 276. The van der Waals surface area contributed by atoms with Gasteiger partial charge in [0.25, 0.3) is 5.91 Å². The van der Waals surface area contributed by atoms with E-state index in [-0.39, 0.29) is 18.6 Å². The molecule has 1 heterocycles. The van der Waals surface area contributed by atoms with E-state index in [2.05, 4.69) is 10.3 Å². The molecule has 0 bridgehead atoms. The van der Waals surface area contributed by atoms with Gasteiger partial charge in [0, 0.05) is 18.1 Å². The van der Waals surface area contributed by atoms with Crippen molar-refractivity contribution in [3.63, 3.8) is 0 Å². The lowest BCUT2D eigenvalue weighted by molar-refractivity contribution is -0.122. The van der Waals surface area contributed by atoms with E-state index in [1.807, 2.05) is 6.92 Å². The topological polar surface area (TPSA) is 77.2 Å². The number of thiazole rings is 1. The van der Waals surface area contributed by atoms with Gasteiger partial charge in [0.1, 0.15) is 6.61 Å². The average Bonchev–Trinajstić information content (AvgIpc) is 2.66. The van der Waals surface area contributed by atoms with Gasteiger partial charge in [-0.25, -0.2) is 4.98 Å². The second-order valence-electron chi connectivity index (χ2n) is 2.74. The second-order valence-corrected chi connectivity index (χ2v) is 3.64. The van der Waals surface area contributed by atoms with Crippen molar-refractivity contribution in [3.8, 4) is 0 Å². The number of nitrogens with two attached hydrogens (primary N) is 1. The lowest BCUT2D eigenvalue weighted by Gasteiger charge is -2.09. The van der Waals surface area contributed by atoms with Crippen molar-refractivity contribution in [3.05, 3.63) is 11.6 Å². The van der Waals surface area contributed by atoms with E-state index in [9.17, 15) is 4.79 Å². The van der Waals surface area contributed by atoms with E-state index in [0.717, 1.165) is 0 Å². The maximum Gasteiger partial charge on any atom is 0.252 e. The predicted octanol–water partition coefficient (Wildman–Crippen LogP) is 0.445. The fourth-order valence-corrected chi connectivity index (χ4v) is 1.27. The molecule has 1 aromatic heterocycles. The molecule has 0 saturated carbocycles. The zero-order chi connectivity index (χ0) is 10.4. The van der Waals surface area contributed by atoms with Crippen molar-refractivity contribution in [1.29, 1.82) is 0 Å². The summed E-state index contributed by atoms with van der Waals surface area (Å²) >= 11 is 1.37. The Hall–Kier alpha value is -0.980. The van der Waals surface area contributed by atoms with Gasteiger partial charge < -0.3 is 10.5 Å². The Kier molecular flexibility index (Phi) is 4.51. The first-order chi connectivity index (χ1) is 6.72. The molecule has 0 fully saturated rings. The van der Waals surface area contributed by atoms with Crippen LogP contribution in [0.25, 0.3) is 0 Å². The summed E-state index contributed by atoms with van der Waals surface area (Å²) in [6.07, 6.45) is 1.53. The highest BCUT2D eigenvalue weighted by Crippen LogP contribution is 2.09. The number of hydrogen-bond donors (Lipinski definition) is 2. The van der Waals surface area contributed by atoms with Gasteiger partial charge in [-0.3, -0.25) is 10.1 Å². The Balaban J connectivity index is 2.23. The molecule has 6 heteroatoms. The lowest BCUT2D eigenvalue weighted by Crippen LogP contribution is -2.26. The molecular weight excluding hydrogens is 202 g/mol. The molecular formula is C8H13N3O2S. The standard InChI is InChI=1S/C8H13N3O2S/c1-6(4-9)13-5-7(12)11-8-10-2-3-14-8/h2-3,6H,4-5,9H2,1H3,(H,10,11,12). The minimum Gasteiger partial charge on any atom is -0.367 e. The fraction of sp³-hybridized carbons (Fsp3) is 0.500. The minimum atomic E-state index is -0.208. The van der Waals surface area contributed by atoms with Crippen LogP contribution in [0.4, 0.5) is 5.13 Å². The van der Waals surface area contributed by atoms with Crippen LogP contribution in [0.3, 0.4) is 0 Å². The Morgan fingerprint density at radius 1 is 1.86 bits per heavy atom. The lowest BCUT2D eigenvalue weighted by atomic mass is 10.4. The van der Waals surface area contributed by atoms with Crippen molar-refractivity contribution in [1.82, 2.24) is 4.98 Å². The summed E-state index contributed by atoms with van der Waals surface area (Å²) in [5.41, 5.74) is 5.33. The summed E-state index contributed by atoms with van der Waals surface area (Å²) in [6.45, 7) is 2.24. The number of carbonyl (C=O) groups excluding carboxylic acids is 1. The van der Waals surface area contributed by atoms with Crippen LogP contribution in [0.2, 0.25) is 0 Å². The number of anilines is 1. The van der Waals surface area contributed by atoms with Gasteiger partial charge >= 0.3 is 0 Å². The van der Waals surface area contributed by atoms with Gasteiger partial charge in [-0.15, -0.1) is 11.3 Å². The molecule has 0 aromatic carbocycles. The van der Waals surface area contributed by atoms with Crippen molar-refractivity contribution in [2.24, 2.45) is 5.73 Å². The van der Waals surface area contributed by atoms with Crippen molar-refractivity contribution < 1.29 is 9.53 Å². The molecule has 0 aliphatic carbocycles. The first kappa shape index (κ1) is 11.1. The van der Waals surface area contributed by atoms with Crippen LogP contribution in [-0.4, -0.2) is 30.1 Å². The molecule has 0 aliphatic rings. The Morgan fingerprint density at radius 3 is 3.21 bits per heavy atom. The fourth-order valence-electron chi connectivity index (χ4n) is 0.727. The molecule has 0 spiro atoms. The van der Waals surface area contributed by atoms with E-state index < -0.39 is 0 Å². The molecule has 1 amide bonds. The normalized spacial score (nSPS) is 12.4. The van der Waals surface area contributed by atoms with Gasteiger partial charge in [-0.1, -0.05) is 0 Å². The van der Waals surface area contributed by atoms with E-state index >= 15 is 0 Å². The molecule has 1 aromatic rings. The van der Waals surface area contributed by atoms with Crippen LogP contribution in [0.5, 0.6) is 0 Å². The van der Waals surface area contributed by atoms with Crippen LogP contribution < -0.4 is 11.1 Å². The largest absolute Gasteiger partial charge is 0.367 e. The summed E-state index contributed by atoms with van der Waals surface area (Å²) in [5.74, 6) is -0.208.